The molecule has 20 heavy (non-hydrogen) atoms. The third-order valence-corrected chi connectivity index (χ3v) is 2.75. The molecule has 1 aromatic carbocycles. The molecule has 104 valence electrons. The molecule has 0 atom stereocenters. The second-order valence-corrected chi connectivity index (χ2v) is 4.45. The molecule has 0 bridgehead atoms. The fourth-order valence-corrected chi connectivity index (χ4v) is 1.77. The van der Waals surface area contributed by atoms with Crippen molar-refractivity contribution >= 4 is 34.8 Å². The van der Waals surface area contributed by atoms with Gasteiger partial charge in [0, 0.05) is 11.9 Å². The average Bonchev–Trinajstić information content (AvgIpc) is 2.43. The number of hydrogen-bond acceptors (Lipinski definition) is 5. The van der Waals surface area contributed by atoms with E-state index < -0.39 is 0 Å². The van der Waals surface area contributed by atoms with Gasteiger partial charge in [0.1, 0.15) is 0 Å². The standard InChI is InChI=1S/C14H14ClN3O2/c1-2-20-14(19)9-3-5-11(6-4-9)18-13-12(16)7-10(15)8-17-13/h3-8H,2,16H2,1H3,(H,17,18). The SMILES string of the molecule is CCOC(=O)c1ccc(Nc2ncc(Cl)cc2N)cc1. The molecule has 0 fully saturated rings. The summed E-state index contributed by atoms with van der Waals surface area (Å²) in [6, 6.07) is 8.46. The van der Waals surface area contributed by atoms with Gasteiger partial charge in [0.15, 0.2) is 5.82 Å². The Morgan fingerprint density at radius 3 is 2.70 bits per heavy atom. The lowest BCUT2D eigenvalue weighted by molar-refractivity contribution is 0.0526. The molecule has 0 aliphatic rings. The van der Waals surface area contributed by atoms with Crippen molar-refractivity contribution in [2.24, 2.45) is 0 Å². The first-order chi connectivity index (χ1) is 9.60. The van der Waals surface area contributed by atoms with Gasteiger partial charge in [-0.1, -0.05) is 11.6 Å². The number of aromatic nitrogens is 1. The maximum Gasteiger partial charge on any atom is 0.338 e. The van der Waals surface area contributed by atoms with Crippen molar-refractivity contribution in [1.82, 2.24) is 4.98 Å². The van der Waals surface area contributed by atoms with Crippen molar-refractivity contribution in [3.63, 3.8) is 0 Å². The summed E-state index contributed by atoms with van der Waals surface area (Å²) in [6.07, 6.45) is 1.51. The minimum absolute atomic E-state index is 0.344. The van der Waals surface area contributed by atoms with Crippen LogP contribution in [0.4, 0.5) is 17.2 Å². The van der Waals surface area contributed by atoms with Crippen LogP contribution in [0.25, 0.3) is 0 Å². The van der Waals surface area contributed by atoms with Crippen molar-refractivity contribution in [1.29, 1.82) is 0 Å². The number of nitrogens with zero attached hydrogens (tertiary/aromatic N) is 1. The van der Waals surface area contributed by atoms with E-state index in [-0.39, 0.29) is 5.97 Å². The zero-order valence-electron chi connectivity index (χ0n) is 10.9. The first-order valence-corrected chi connectivity index (χ1v) is 6.43. The monoisotopic (exact) mass is 291 g/mol. The van der Waals surface area contributed by atoms with Gasteiger partial charge in [-0.05, 0) is 37.3 Å². The van der Waals surface area contributed by atoms with Crippen LogP contribution < -0.4 is 11.1 Å². The van der Waals surface area contributed by atoms with Gasteiger partial charge in [-0.25, -0.2) is 9.78 Å². The summed E-state index contributed by atoms with van der Waals surface area (Å²) in [4.78, 5) is 15.6. The number of anilines is 3. The highest BCUT2D eigenvalue weighted by molar-refractivity contribution is 6.30. The Kier molecular flexibility index (Phi) is 4.42. The van der Waals surface area contributed by atoms with Gasteiger partial charge in [-0.3, -0.25) is 0 Å². The zero-order chi connectivity index (χ0) is 14.5. The van der Waals surface area contributed by atoms with Gasteiger partial charge >= 0.3 is 5.97 Å². The lowest BCUT2D eigenvalue weighted by Crippen LogP contribution is -2.04. The molecule has 0 aliphatic carbocycles. The smallest absolute Gasteiger partial charge is 0.338 e. The summed E-state index contributed by atoms with van der Waals surface area (Å²) in [5.74, 6) is 0.168. The van der Waals surface area contributed by atoms with Crippen LogP contribution in [0.2, 0.25) is 5.02 Å². The van der Waals surface area contributed by atoms with E-state index >= 15 is 0 Å². The minimum atomic E-state index is -0.344. The minimum Gasteiger partial charge on any atom is -0.462 e. The molecule has 0 saturated heterocycles. The Hall–Kier alpha value is -2.27. The van der Waals surface area contributed by atoms with Crippen LogP contribution in [0.15, 0.2) is 36.5 Å². The predicted molar refractivity (Wildman–Crippen MR) is 79.3 cm³/mol. The number of benzene rings is 1. The van der Waals surface area contributed by atoms with Crippen molar-refractivity contribution < 1.29 is 9.53 Å². The number of carbonyl (C=O) groups is 1. The second kappa shape index (κ2) is 6.25. The highest BCUT2D eigenvalue weighted by Gasteiger charge is 2.07. The molecule has 5 nitrogen and oxygen atoms in total. The van der Waals surface area contributed by atoms with Gasteiger partial charge in [0.2, 0.25) is 0 Å². The molecule has 1 heterocycles. The third-order valence-electron chi connectivity index (χ3n) is 2.54. The summed E-state index contributed by atoms with van der Waals surface area (Å²) >= 11 is 5.78. The summed E-state index contributed by atoms with van der Waals surface area (Å²) in [6.45, 7) is 2.12. The van der Waals surface area contributed by atoms with E-state index in [0.29, 0.717) is 28.7 Å². The topological polar surface area (TPSA) is 77.2 Å². The average molecular weight is 292 g/mol. The van der Waals surface area contributed by atoms with Crippen molar-refractivity contribution in [2.45, 2.75) is 6.92 Å². The molecule has 0 saturated carbocycles. The van der Waals surface area contributed by atoms with Crippen LogP contribution in [-0.4, -0.2) is 17.6 Å². The van der Waals surface area contributed by atoms with Crippen LogP contribution in [0.3, 0.4) is 0 Å². The van der Waals surface area contributed by atoms with E-state index in [1.54, 1.807) is 37.3 Å². The number of nitrogens with one attached hydrogen (secondary N) is 1. The molecule has 2 rings (SSSR count). The predicted octanol–water partition coefficient (Wildman–Crippen LogP) is 3.24. The van der Waals surface area contributed by atoms with Crippen LogP contribution in [0.1, 0.15) is 17.3 Å². The number of ether oxygens (including phenoxy) is 1. The van der Waals surface area contributed by atoms with Gasteiger partial charge < -0.3 is 15.8 Å². The van der Waals surface area contributed by atoms with E-state index in [0.717, 1.165) is 5.69 Å². The van der Waals surface area contributed by atoms with E-state index in [1.807, 2.05) is 0 Å². The Morgan fingerprint density at radius 2 is 2.10 bits per heavy atom. The zero-order valence-corrected chi connectivity index (χ0v) is 11.6. The first-order valence-electron chi connectivity index (χ1n) is 6.05. The summed E-state index contributed by atoms with van der Waals surface area (Å²) in [5.41, 5.74) is 7.51. The van der Waals surface area contributed by atoms with Gasteiger partial charge in [-0.15, -0.1) is 0 Å². The molecule has 3 N–H and O–H groups in total. The number of rotatable bonds is 4. The summed E-state index contributed by atoms with van der Waals surface area (Å²) in [7, 11) is 0. The Balaban J connectivity index is 2.12. The second-order valence-electron chi connectivity index (χ2n) is 4.01. The number of nitrogen functional groups attached to an aromatic ring is 1. The van der Waals surface area contributed by atoms with Crippen molar-refractivity contribution in [3.8, 4) is 0 Å². The maximum atomic E-state index is 11.5. The van der Waals surface area contributed by atoms with Gasteiger partial charge in [0.05, 0.1) is 22.9 Å². The molecular formula is C14H14ClN3O2. The largest absolute Gasteiger partial charge is 0.462 e. The molecule has 2 aromatic rings. The first kappa shape index (κ1) is 14.1. The fraction of sp³-hybridized carbons (Fsp3) is 0.143. The van der Waals surface area contributed by atoms with Crippen molar-refractivity contribution in [3.05, 3.63) is 47.1 Å². The maximum absolute atomic E-state index is 11.5. The molecule has 0 radical (unpaired) electrons. The van der Waals surface area contributed by atoms with Gasteiger partial charge in [-0.2, -0.15) is 0 Å². The number of pyridine rings is 1. The van der Waals surface area contributed by atoms with E-state index in [4.69, 9.17) is 22.1 Å². The molecule has 1 aromatic heterocycles. The molecular weight excluding hydrogens is 278 g/mol. The number of esters is 1. The highest BCUT2D eigenvalue weighted by Crippen LogP contribution is 2.23. The quantitative estimate of drug-likeness (QED) is 0.846. The third kappa shape index (κ3) is 3.39. The number of hydrogen-bond donors (Lipinski definition) is 2. The molecule has 0 unspecified atom stereocenters. The Morgan fingerprint density at radius 1 is 1.40 bits per heavy atom. The molecule has 6 heteroatoms. The highest BCUT2D eigenvalue weighted by atomic mass is 35.5. The van der Waals surface area contributed by atoms with Crippen molar-refractivity contribution in [2.75, 3.05) is 17.7 Å². The summed E-state index contributed by atoms with van der Waals surface area (Å²) < 4.78 is 4.91. The van der Waals surface area contributed by atoms with E-state index in [9.17, 15) is 4.79 Å². The van der Waals surface area contributed by atoms with E-state index in [1.165, 1.54) is 6.20 Å². The normalized spacial score (nSPS) is 10.1. The molecule has 0 aliphatic heterocycles. The van der Waals surface area contributed by atoms with Crippen LogP contribution in [-0.2, 0) is 4.74 Å². The van der Waals surface area contributed by atoms with Crippen LogP contribution >= 0.6 is 11.6 Å². The van der Waals surface area contributed by atoms with Crippen LogP contribution in [0, 0.1) is 0 Å². The number of halogens is 1. The number of nitrogens with two attached hydrogens (primary N) is 1. The van der Waals surface area contributed by atoms with Gasteiger partial charge in [0.25, 0.3) is 0 Å². The molecule has 0 amide bonds. The van der Waals surface area contributed by atoms with Crippen LogP contribution in [0.5, 0.6) is 0 Å². The Bertz CT molecular complexity index is 614. The Labute approximate surface area is 121 Å². The lowest BCUT2D eigenvalue weighted by atomic mass is 10.2. The lowest BCUT2D eigenvalue weighted by Gasteiger charge is -2.09. The van der Waals surface area contributed by atoms with E-state index in [2.05, 4.69) is 10.3 Å². The fourth-order valence-electron chi connectivity index (χ4n) is 1.60. The molecule has 0 spiro atoms. The number of carbonyl (C=O) groups excluding carboxylic acids is 1. The summed E-state index contributed by atoms with van der Waals surface area (Å²) in [5, 5.41) is 3.53.